The number of halogens is 3. The Balaban J connectivity index is 2.66. The van der Waals surface area contributed by atoms with Crippen molar-refractivity contribution in [1.29, 1.82) is 0 Å². The van der Waals surface area contributed by atoms with Crippen LogP contribution >= 0.6 is 11.8 Å². The van der Waals surface area contributed by atoms with Crippen molar-refractivity contribution in [2.45, 2.75) is 24.3 Å². The summed E-state index contributed by atoms with van der Waals surface area (Å²) in [5.41, 5.74) is -2.99. The number of allylic oxidation sites excluding steroid dienone is 1. The van der Waals surface area contributed by atoms with Gasteiger partial charge in [-0.3, -0.25) is 4.79 Å². The van der Waals surface area contributed by atoms with Gasteiger partial charge in [0.25, 0.3) is 0 Å². The lowest BCUT2D eigenvalue weighted by Gasteiger charge is -2.07. The van der Waals surface area contributed by atoms with Crippen molar-refractivity contribution in [1.82, 2.24) is 0 Å². The molecule has 6 heteroatoms. The van der Waals surface area contributed by atoms with Crippen LogP contribution in [0.2, 0.25) is 0 Å². The van der Waals surface area contributed by atoms with Crippen LogP contribution in [0.4, 0.5) is 18.9 Å². The zero-order valence-electron chi connectivity index (χ0n) is 9.84. The maximum absolute atomic E-state index is 12.1. The zero-order valence-corrected chi connectivity index (χ0v) is 10.7. The van der Waals surface area contributed by atoms with E-state index in [1.54, 1.807) is 13.8 Å². The SMILES string of the molecule is CC(C)=CC(=O)Nc1ccc(SC(F)(F)F)cc1. The molecule has 0 heterocycles. The molecule has 0 saturated carbocycles. The topological polar surface area (TPSA) is 29.1 Å². The first kappa shape index (κ1) is 14.6. The third-order valence-electron chi connectivity index (χ3n) is 1.78. The Labute approximate surface area is 107 Å². The maximum atomic E-state index is 12.1. The number of benzene rings is 1. The Hall–Kier alpha value is -1.43. The molecule has 0 fully saturated rings. The third-order valence-corrected chi connectivity index (χ3v) is 2.51. The van der Waals surface area contributed by atoms with Crippen LogP contribution in [0, 0.1) is 0 Å². The van der Waals surface area contributed by atoms with E-state index < -0.39 is 5.51 Å². The summed E-state index contributed by atoms with van der Waals surface area (Å²) < 4.78 is 36.2. The van der Waals surface area contributed by atoms with Gasteiger partial charge in [-0.05, 0) is 49.9 Å². The molecule has 98 valence electrons. The maximum Gasteiger partial charge on any atom is 0.446 e. The van der Waals surface area contributed by atoms with Gasteiger partial charge in [-0.25, -0.2) is 0 Å². The molecule has 0 aliphatic rings. The van der Waals surface area contributed by atoms with Gasteiger partial charge in [0.1, 0.15) is 0 Å². The van der Waals surface area contributed by atoms with Gasteiger partial charge >= 0.3 is 5.51 Å². The highest BCUT2D eigenvalue weighted by Gasteiger charge is 2.28. The number of thioether (sulfide) groups is 1. The van der Waals surface area contributed by atoms with E-state index in [1.807, 2.05) is 0 Å². The van der Waals surface area contributed by atoms with E-state index in [1.165, 1.54) is 30.3 Å². The van der Waals surface area contributed by atoms with Crippen molar-refractivity contribution in [3.05, 3.63) is 35.9 Å². The Kier molecular flexibility index (Phi) is 4.84. The molecule has 0 aromatic heterocycles. The molecule has 0 radical (unpaired) electrons. The van der Waals surface area contributed by atoms with Crippen LogP contribution in [0.5, 0.6) is 0 Å². The molecule has 1 amide bonds. The first-order chi connectivity index (χ1) is 8.26. The molecule has 0 spiro atoms. The lowest BCUT2D eigenvalue weighted by atomic mass is 10.3. The van der Waals surface area contributed by atoms with E-state index in [4.69, 9.17) is 0 Å². The van der Waals surface area contributed by atoms with Gasteiger partial charge in [-0.15, -0.1) is 0 Å². The molecule has 18 heavy (non-hydrogen) atoms. The summed E-state index contributed by atoms with van der Waals surface area (Å²) in [4.78, 5) is 11.4. The molecule has 0 bridgehead atoms. The number of rotatable bonds is 3. The van der Waals surface area contributed by atoms with Crippen molar-refractivity contribution in [2.24, 2.45) is 0 Å². The standard InChI is InChI=1S/C12H12F3NOS/c1-8(2)7-11(17)16-9-3-5-10(6-4-9)18-12(13,14)15/h3-7H,1-2H3,(H,16,17). The minimum Gasteiger partial charge on any atom is -0.323 e. The number of anilines is 1. The lowest BCUT2D eigenvalue weighted by Crippen LogP contribution is -2.08. The second kappa shape index (κ2) is 5.95. The van der Waals surface area contributed by atoms with Crippen LogP contribution in [0.25, 0.3) is 0 Å². The van der Waals surface area contributed by atoms with Crippen LogP contribution in [0.15, 0.2) is 40.8 Å². The lowest BCUT2D eigenvalue weighted by molar-refractivity contribution is -0.112. The van der Waals surface area contributed by atoms with Crippen LogP contribution < -0.4 is 5.32 Å². The van der Waals surface area contributed by atoms with E-state index in [2.05, 4.69) is 5.32 Å². The van der Waals surface area contributed by atoms with Gasteiger partial charge < -0.3 is 5.32 Å². The Bertz CT molecular complexity index is 447. The number of amides is 1. The highest BCUT2D eigenvalue weighted by atomic mass is 32.2. The number of carbonyl (C=O) groups is 1. The summed E-state index contributed by atoms with van der Waals surface area (Å²) in [6.45, 7) is 3.56. The van der Waals surface area contributed by atoms with Crippen LogP contribution in [0.3, 0.4) is 0 Å². The van der Waals surface area contributed by atoms with E-state index in [-0.39, 0.29) is 22.6 Å². The fourth-order valence-corrected chi connectivity index (χ4v) is 1.72. The fourth-order valence-electron chi connectivity index (χ4n) is 1.18. The fraction of sp³-hybridized carbons (Fsp3) is 0.250. The van der Waals surface area contributed by atoms with Crippen molar-refractivity contribution in [3.63, 3.8) is 0 Å². The Morgan fingerprint density at radius 1 is 1.22 bits per heavy atom. The number of carbonyl (C=O) groups excluding carboxylic acids is 1. The minimum absolute atomic E-state index is 0.0858. The number of hydrogen-bond acceptors (Lipinski definition) is 2. The van der Waals surface area contributed by atoms with Gasteiger partial charge in [0.05, 0.1) is 0 Å². The second-order valence-corrected chi connectivity index (χ2v) is 4.92. The van der Waals surface area contributed by atoms with Crippen LogP contribution in [-0.2, 0) is 4.79 Å². The molecular formula is C12H12F3NOS. The molecule has 1 aromatic carbocycles. The van der Waals surface area contributed by atoms with Crippen molar-refractivity contribution >= 4 is 23.4 Å². The summed E-state index contributed by atoms with van der Waals surface area (Å²) in [6, 6.07) is 5.50. The minimum atomic E-state index is -4.30. The van der Waals surface area contributed by atoms with Gasteiger partial charge in [0.15, 0.2) is 0 Å². The molecule has 0 atom stereocenters. The van der Waals surface area contributed by atoms with E-state index in [9.17, 15) is 18.0 Å². The highest BCUT2D eigenvalue weighted by molar-refractivity contribution is 8.00. The van der Waals surface area contributed by atoms with Crippen molar-refractivity contribution in [2.75, 3.05) is 5.32 Å². The first-order valence-corrected chi connectivity index (χ1v) is 5.89. The molecular weight excluding hydrogens is 263 g/mol. The Morgan fingerprint density at radius 2 is 1.78 bits per heavy atom. The van der Waals surface area contributed by atoms with E-state index in [0.29, 0.717) is 5.69 Å². The average Bonchev–Trinajstić information content (AvgIpc) is 2.17. The molecule has 0 unspecified atom stereocenters. The van der Waals surface area contributed by atoms with Gasteiger partial charge in [-0.1, -0.05) is 5.57 Å². The predicted molar refractivity (Wildman–Crippen MR) is 66.4 cm³/mol. The Morgan fingerprint density at radius 3 is 2.22 bits per heavy atom. The number of hydrogen-bond donors (Lipinski definition) is 1. The monoisotopic (exact) mass is 275 g/mol. The third kappa shape index (κ3) is 5.77. The van der Waals surface area contributed by atoms with Gasteiger partial charge in [0, 0.05) is 16.7 Å². The molecule has 1 rings (SSSR count). The summed E-state index contributed by atoms with van der Waals surface area (Å²) in [7, 11) is 0. The average molecular weight is 275 g/mol. The zero-order chi connectivity index (χ0) is 13.8. The first-order valence-electron chi connectivity index (χ1n) is 5.08. The predicted octanol–water partition coefficient (Wildman–Crippen LogP) is 4.20. The number of alkyl halides is 3. The van der Waals surface area contributed by atoms with Crippen LogP contribution in [0.1, 0.15) is 13.8 Å². The molecule has 1 N–H and O–H groups in total. The smallest absolute Gasteiger partial charge is 0.323 e. The summed E-state index contributed by atoms with van der Waals surface area (Å²) >= 11 is -0.186. The molecule has 1 aromatic rings. The second-order valence-electron chi connectivity index (χ2n) is 3.78. The van der Waals surface area contributed by atoms with Crippen molar-refractivity contribution < 1.29 is 18.0 Å². The summed E-state index contributed by atoms with van der Waals surface area (Å²) in [5.74, 6) is -0.300. The van der Waals surface area contributed by atoms with E-state index >= 15 is 0 Å². The quantitative estimate of drug-likeness (QED) is 0.661. The van der Waals surface area contributed by atoms with Gasteiger partial charge in [-0.2, -0.15) is 13.2 Å². The molecule has 0 aliphatic heterocycles. The summed E-state index contributed by atoms with van der Waals surface area (Å²) in [6.07, 6.45) is 1.42. The molecule has 2 nitrogen and oxygen atoms in total. The van der Waals surface area contributed by atoms with Crippen LogP contribution in [-0.4, -0.2) is 11.4 Å². The largest absolute Gasteiger partial charge is 0.446 e. The highest BCUT2D eigenvalue weighted by Crippen LogP contribution is 2.36. The number of nitrogens with one attached hydrogen (secondary N) is 1. The van der Waals surface area contributed by atoms with Gasteiger partial charge in [0.2, 0.25) is 5.91 Å². The summed E-state index contributed by atoms with van der Waals surface area (Å²) in [5, 5.41) is 2.56. The normalized spacial score (nSPS) is 10.9. The molecule has 0 saturated heterocycles. The molecule has 0 aliphatic carbocycles. The van der Waals surface area contributed by atoms with Crippen molar-refractivity contribution in [3.8, 4) is 0 Å². The van der Waals surface area contributed by atoms with E-state index in [0.717, 1.165) is 5.57 Å².